The van der Waals surface area contributed by atoms with Crippen LogP contribution in [0.25, 0.3) is 0 Å². The predicted octanol–water partition coefficient (Wildman–Crippen LogP) is 2.99. The molecule has 1 fully saturated rings. The molecule has 1 aliphatic rings. The van der Waals surface area contributed by atoms with E-state index in [1.54, 1.807) is 0 Å². The number of anilines is 2. The highest BCUT2D eigenvalue weighted by Gasteiger charge is 2.32. The summed E-state index contributed by atoms with van der Waals surface area (Å²) < 4.78 is 0. The molecule has 1 amide bonds. The van der Waals surface area contributed by atoms with Crippen molar-refractivity contribution in [3.63, 3.8) is 0 Å². The maximum atomic E-state index is 12.3. The van der Waals surface area contributed by atoms with E-state index in [1.807, 2.05) is 43.3 Å². The van der Waals surface area contributed by atoms with Gasteiger partial charge < -0.3 is 16.0 Å². The number of nitrogens with two attached hydrogens (primary N) is 1. The van der Waals surface area contributed by atoms with E-state index in [0.29, 0.717) is 13.0 Å². The van der Waals surface area contributed by atoms with Crippen molar-refractivity contribution in [3.8, 4) is 0 Å². The molecule has 0 radical (unpaired) electrons. The Morgan fingerprint density at radius 2 is 2.00 bits per heavy atom. The van der Waals surface area contributed by atoms with Gasteiger partial charge in [0.05, 0.1) is 0 Å². The van der Waals surface area contributed by atoms with Crippen LogP contribution in [0, 0.1) is 5.41 Å². The van der Waals surface area contributed by atoms with E-state index >= 15 is 0 Å². The van der Waals surface area contributed by atoms with Crippen molar-refractivity contribution < 1.29 is 4.79 Å². The summed E-state index contributed by atoms with van der Waals surface area (Å²) in [6.45, 7) is 0.609. The number of carbonyl (C=O) groups excluding carboxylic acids is 1. The molecule has 0 bridgehead atoms. The quantitative estimate of drug-likeness (QED) is 0.876. The number of rotatable bonds is 5. The molecule has 4 nitrogen and oxygen atoms in total. The largest absolute Gasteiger partial charge is 0.378 e. The third kappa shape index (κ3) is 4.21. The maximum absolute atomic E-state index is 12.3. The van der Waals surface area contributed by atoms with Crippen molar-refractivity contribution in [2.75, 3.05) is 30.9 Å². The minimum Gasteiger partial charge on any atom is -0.378 e. The van der Waals surface area contributed by atoms with Gasteiger partial charge in [0.15, 0.2) is 0 Å². The van der Waals surface area contributed by atoms with Crippen molar-refractivity contribution >= 4 is 17.3 Å². The van der Waals surface area contributed by atoms with Crippen LogP contribution in [0.3, 0.4) is 0 Å². The molecule has 116 valence electrons. The molecule has 1 saturated carbocycles. The fraction of sp³-hybridized carbons (Fsp3) is 0.588. The molecular formula is C17H27N3O. The van der Waals surface area contributed by atoms with Gasteiger partial charge in [-0.1, -0.05) is 25.3 Å². The second-order valence-electron chi connectivity index (χ2n) is 6.43. The summed E-state index contributed by atoms with van der Waals surface area (Å²) in [5.74, 6) is 0.0817. The molecule has 1 aliphatic carbocycles. The van der Waals surface area contributed by atoms with Crippen LogP contribution in [0.2, 0.25) is 0 Å². The third-order valence-electron chi connectivity index (χ3n) is 4.53. The minimum absolute atomic E-state index is 0.0154. The molecule has 21 heavy (non-hydrogen) atoms. The Balaban J connectivity index is 1.99. The first-order chi connectivity index (χ1) is 10.0. The molecule has 0 aromatic heterocycles. The highest BCUT2D eigenvalue weighted by molar-refractivity contribution is 5.91. The molecule has 0 heterocycles. The van der Waals surface area contributed by atoms with E-state index in [1.165, 1.54) is 19.3 Å². The Labute approximate surface area is 127 Å². The Morgan fingerprint density at radius 1 is 1.29 bits per heavy atom. The molecule has 1 aromatic carbocycles. The lowest BCUT2D eigenvalue weighted by atomic mass is 9.71. The Hall–Kier alpha value is -1.55. The van der Waals surface area contributed by atoms with Crippen molar-refractivity contribution in [1.82, 2.24) is 0 Å². The first kappa shape index (κ1) is 15.8. The van der Waals surface area contributed by atoms with Crippen LogP contribution in [-0.2, 0) is 4.79 Å². The summed E-state index contributed by atoms with van der Waals surface area (Å²) in [7, 11) is 3.98. The summed E-state index contributed by atoms with van der Waals surface area (Å²) in [6, 6.07) is 7.91. The summed E-state index contributed by atoms with van der Waals surface area (Å²) in [6.07, 6.45) is 6.36. The monoisotopic (exact) mass is 289 g/mol. The highest BCUT2D eigenvalue weighted by Crippen LogP contribution is 2.38. The molecule has 0 unspecified atom stereocenters. The van der Waals surface area contributed by atoms with Crippen molar-refractivity contribution in [2.45, 2.75) is 38.5 Å². The number of carbonyl (C=O) groups is 1. The summed E-state index contributed by atoms with van der Waals surface area (Å²) >= 11 is 0. The zero-order valence-corrected chi connectivity index (χ0v) is 13.2. The molecule has 0 spiro atoms. The lowest BCUT2D eigenvalue weighted by molar-refractivity contribution is -0.118. The fourth-order valence-electron chi connectivity index (χ4n) is 3.16. The minimum atomic E-state index is 0.0154. The molecule has 2 rings (SSSR count). The van der Waals surface area contributed by atoms with Crippen LogP contribution >= 0.6 is 0 Å². The molecule has 1 aromatic rings. The number of nitrogens with one attached hydrogen (secondary N) is 1. The van der Waals surface area contributed by atoms with Gasteiger partial charge in [0.1, 0.15) is 0 Å². The van der Waals surface area contributed by atoms with Gasteiger partial charge in [-0.3, -0.25) is 4.79 Å². The van der Waals surface area contributed by atoms with Crippen molar-refractivity contribution in [3.05, 3.63) is 24.3 Å². The fourth-order valence-corrected chi connectivity index (χ4v) is 3.16. The zero-order chi connectivity index (χ0) is 15.3. The SMILES string of the molecule is CN(C)c1cccc(NC(=O)CC2(CN)CCCCC2)c1. The highest BCUT2D eigenvalue weighted by atomic mass is 16.1. The first-order valence-electron chi connectivity index (χ1n) is 7.82. The van der Waals surface area contributed by atoms with Gasteiger partial charge in [-0.05, 0) is 43.0 Å². The van der Waals surface area contributed by atoms with Gasteiger partial charge >= 0.3 is 0 Å². The zero-order valence-electron chi connectivity index (χ0n) is 13.2. The van der Waals surface area contributed by atoms with Gasteiger partial charge in [-0.25, -0.2) is 0 Å². The van der Waals surface area contributed by atoms with E-state index in [4.69, 9.17) is 5.73 Å². The molecule has 0 saturated heterocycles. The molecule has 4 heteroatoms. The van der Waals surface area contributed by atoms with Gasteiger partial charge in [0.2, 0.25) is 5.91 Å². The van der Waals surface area contributed by atoms with E-state index in [2.05, 4.69) is 5.32 Å². The van der Waals surface area contributed by atoms with Crippen LogP contribution in [-0.4, -0.2) is 26.5 Å². The average molecular weight is 289 g/mol. The van der Waals surface area contributed by atoms with Crippen LogP contribution in [0.5, 0.6) is 0 Å². The van der Waals surface area contributed by atoms with E-state index in [9.17, 15) is 4.79 Å². The molecular weight excluding hydrogens is 262 g/mol. The number of benzene rings is 1. The summed E-state index contributed by atoms with van der Waals surface area (Å²) in [5.41, 5.74) is 7.91. The van der Waals surface area contributed by atoms with Gasteiger partial charge in [0, 0.05) is 31.9 Å². The summed E-state index contributed by atoms with van der Waals surface area (Å²) in [4.78, 5) is 14.4. The van der Waals surface area contributed by atoms with E-state index in [-0.39, 0.29) is 11.3 Å². The number of amides is 1. The molecule has 0 aliphatic heterocycles. The van der Waals surface area contributed by atoms with E-state index in [0.717, 1.165) is 24.2 Å². The van der Waals surface area contributed by atoms with Crippen LogP contribution in [0.15, 0.2) is 24.3 Å². The lowest BCUT2D eigenvalue weighted by Crippen LogP contribution is -2.36. The second-order valence-corrected chi connectivity index (χ2v) is 6.43. The van der Waals surface area contributed by atoms with Crippen molar-refractivity contribution in [1.29, 1.82) is 0 Å². The number of hydrogen-bond donors (Lipinski definition) is 2. The normalized spacial score (nSPS) is 17.3. The smallest absolute Gasteiger partial charge is 0.224 e. The first-order valence-corrected chi connectivity index (χ1v) is 7.82. The van der Waals surface area contributed by atoms with E-state index < -0.39 is 0 Å². The molecule has 3 N–H and O–H groups in total. The third-order valence-corrected chi connectivity index (χ3v) is 4.53. The maximum Gasteiger partial charge on any atom is 0.224 e. The lowest BCUT2D eigenvalue weighted by Gasteiger charge is -2.35. The Bertz CT molecular complexity index is 479. The van der Waals surface area contributed by atoms with Crippen LogP contribution in [0.1, 0.15) is 38.5 Å². The average Bonchev–Trinajstić information content (AvgIpc) is 2.48. The topological polar surface area (TPSA) is 58.4 Å². The Kier molecular flexibility index (Phi) is 5.23. The van der Waals surface area contributed by atoms with Gasteiger partial charge in [-0.2, -0.15) is 0 Å². The molecule has 0 atom stereocenters. The van der Waals surface area contributed by atoms with Gasteiger partial charge in [0.25, 0.3) is 0 Å². The predicted molar refractivity (Wildman–Crippen MR) is 88.6 cm³/mol. The number of nitrogens with zero attached hydrogens (tertiary/aromatic N) is 1. The van der Waals surface area contributed by atoms with Crippen LogP contribution < -0.4 is 16.0 Å². The number of hydrogen-bond acceptors (Lipinski definition) is 3. The summed E-state index contributed by atoms with van der Waals surface area (Å²) in [5, 5.41) is 3.02. The second kappa shape index (κ2) is 6.94. The van der Waals surface area contributed by atoms with Crippen LogP contribution in [0.4, 0.5) is 11.4 Å². The van der Waals surface area contributed by atoms with Gasteiger partial charge in [-0.15, -0.1) is 0 Å². The van der Waals surface area contributed by atoms with Crippen molar-refractivity contribution in [2.24, 2.45) is 11.1 Å². The Morgan fingerprint density at radius 3 is 2.62 bits per heavy atom. The standard InChI is InChI=1S/C17H27N3O/c1-20(2)15-8-6-7-14(11-15)19-16(21)12-17(13-18)9-4-3-5-10-17/h6-8,11H,3-5,9-10,12-13,18H2,1-2H3,(H,19,21).